The van der Waals surface area contributed by atoms with Gasteiger partial charge in [-0.15, -0.1) is 0 Å². The molecule has 4 heteroatoms. The molecule has 4 nitrogen and oxygen atoms in total. The van der Waals surface area contributed by atoms with Crippen LogP contribution in [0.25, 0.3) is 0 Å². The minimum Gasteiger partial charge on any atom is -0.493 e. The smallest absolute Gasteiger partial charge is 0.309 e. The number of para-hydroxylation sites is 1. The first-order valence-corrected chi connectivity index (χ1v) is 7.29. The second-order valence-corrected chi connectivity index (χ2v) is 6.09. The van der Waals surface area contributed by atoms with Crippen molar-refractivity contribution in [2.24, 2.45) is 5.41 Å². The Morgan fingerprint density at radius 2 is 2.05 bits per heavy atom. The molecule has 108 valence electrons. The zero-order chi connectivity index (χ0) is 14.2. The molecule has 2 aliphatic rings. The summed E-state index contributed by atoms with van der Waals surface area (Å²) < 4.78 is 5.70. The fourth-order valence-corrected chi connectivity index (χ4v) is 3.25. The Hall–Kier alpha value is -1.55. The topological polar surface area (TPSA) is 49.8 Å². The van der Waals surface area contributed by atoms with Crippen LogP contribution >= 0.6 is 0 Å². The van der Waals surface area contributed by atoms with Crippen LogP contribution in [0.5, 0.6) is 5.75 Å². The van der Waals surface area contributed by atoms with E-state index in [9.17, 15) is 9.90 Å². The van der Waals surface area contributed by atoms with Crippen LogP contribution in [0.1, 0.15) is 37.8 Å². The van der Waals surface area contributed by atoms with Crippen molar-refractivity contribution in [3.8, 4) is 5.75 Å². The summed E-state index contributed by atoms with van der Waals surface area (Å²) in [5.41, 5.74) is 0.693. The fraction of sp³-hybridized carbons (Fsp3) is 0.562. The lowest BCUT2D eigenvalue weighted by molar-refractivity contribution is -0.151. The molecule has 3 rings (SSSR count). The number of carboxylic acids is 1. The number of benzene rings is 1. The molecule has 0 saturated carbocycles. The third kappa shape index (κ3) is 2.29. The number of hydrogen-bond donors (Lipinski definition) is 1. The second kappa shape index (κ2) is 5.09. The predicted octanol–water partition coefficient (Wildman–Crippen LogP) is 2.70. The van der Waals surface area contributed by atoms with Crippen LogP contribution in [0.15, 0.2) is 24.3 Å². The number of likely N-dealkylation sites (tertiary alicyclic amines) is 1. The van der Waals surface area contributed by atoms with E-state index < -0.39 is 11.4 Å². The highest BCUT2D eigenvalue weighted by Crippen LogP contribution is 2.40. The van der Waals surface area contributed by atoms with Gasteiger partial charge in [0.15, 0.2) is 0 Å². The summed E-state index contributed by atoms with van der Waals surface area (Å²) in [6.45, 7) is 4.31. The summed E-state index contributed by atoms with van der Waals surface area (Å²) in [6.07, 6.45) is 2.44. The van der Waals surface area contributed by atoms with Crippen LogP contribution in [-0.4, -0.2) is 35.7 Å². The van der Waals surface area contributed by atoms with Gasteiger partial charge in [-0.05, 0) is 38.9 Å². The zero-order valence-electron chi connectivity index (χ0n) is 11.8. The van der Waals surface area contributed by atoms with Crippen LogP contribution in [0.2, 0.25) is 0 Å². The molecule has 20 heavy (non-hydrogen) atoms. The minimum absolute atomic E-state index is 0.373. The van der Waals surface area contributed by atoms with E-state index in [2.05, 4.69) is 11.0 Å². The van der Waals surface area contributed by atoms with Crippen LogP contribution < -0.4 is 4.74 Å². The summed E-state index contributed by atoms with van der Waals surface area (Å²) in [5, 5.41) is 9.31. The van der Waals surface area contributed by atoms with E-state index in [1.165, 1.54) is 5.56 Å². The molecular weight excluding hydrogens is 254 g/mol. The highest BCUT2D eigenvalue weighted by atomic mass is 16.5. The summed E-state index contributed by atoms with van der Waals surface area (Å²) >= 11 is 0. The van der Waals surface area contributed by atoms with Crippen LogP contribution in [0.4, 0.5) is 0 Å². The predicted molar refractivity (Wildman–Crippen MR) is 75.8 cm³/mol. The minimum atomic E-state index is -0.662. The molecule has 0 aromatic heterocycles. The van der Waals surface area contributed by atoms with Crippen molar-refractivity contribution in [1.82, 2.24) is 4.90 Å². The molecule has 1 saturated heterocycles. The first-order chi connectivity index (χ1) is 9.60. The van der Waals surface area contributed by atoms with Gasteiger partial charge in [-0.25, -0.2) is 0 Å². The fourth-order valence-electron chi connectivity index (χ4n) is 3.25. The Morgan fingerprint density at radius 3 is 2.75 bits per heavy atom. The van der Waals surface area contributed by atoms with Gasteiger partial charge in [-0.2, -0.15) is 0 Å². The molecule has 0 radical (unpaired) electrons. The second-order valence-electron chi connectivity index (χ2n) is 6.09. The number of ether oxygens (including phenoxy) is 1. The quantitative estimate of drug-likeness (QED) is 0.901. The third-order valence-corrected chi connectivity index (χ3v) is 4.79. The van der Waals surface area contributed by atoms with Crippen LogP contribution in [-0.2, 0) is 4.79 Å². The van der Waals surface area contributed by atoms with E-state index in [-0.39, 0.29) is 0 Å². The van der Waals surface area contributed by atoms with Crippen molar-refractivity contribution < 1.29 is 14.6 Å². The lowest BCUT2D eigenvalue weighted by Gasteiger charge is -2.42. The van der Waals surface area contributed by atoms with Crippen molar-refractivity contribution in [1.29, 1.82) is 0 Å². The summed E-state index contributed by atoms with van der Waals surface area (Å²) in [4.78, 5) is 13.7. The zero-order valence-corrected chi connectivity index (χ0v) is 11.8. The Balaban J connectivity index is 1.75. The molecule has 1 unspecified atom stereocenters. The number of fused-ring (bicyclic) bond motifs is 1. The highest BCUT2D eigenvalue weighted by molar-refractivity contribution is 5.74. The van der Waals surface area contributed by atoms with Crippen molar-refractivity contribution in [3.05, 3.63) is 29.8 Å². The summed E-state index contributed by atoms with van der Waals surface area (Å²) in [5.74, 6) is 0.319. The first-order valence-electron chi connectivity index (χ1n) is 7.29. The summed E-state index contributed by atoms with van der Waals surface area (Å²) in [7, 11) is 0. The van der Waals surface area contributed by atoms with Gasteiger partial charge in [0.1, 0.15) is 5.75 Å². The molecule has 0 bridgehead atoms. The van der Waals surface area contributed by atoms with Gasteiger partial charge in [0, 0.05) is 18.0 Å². The molecule has 2 heterocycles. The maximum atomic E-state index is 11.3. The van der Waals surface area contributed by atoms with E-state index in [0.29, 0.717) is 6.04 Å². The average molecular weight is 275 g/mol. The van der Waals surface area contributed by atoms with E-state index in [1.807, 2.05) is 25.1 Å². The van der Waals surface area contributed by atoms with Crippen LogP contribution in [0, 0.1) is 5.41 Å². The molecule has 0 spiro atoms. The number of carboxylic acid groups (broad SMARTS) is 1. The molecular formula is C16H21NO3. The lowest BCUT2D eigenvalue weighted by atomic mass is 9.79. The molecule has 1 fully saturated rings. The molecule has 0 amide bonds. The van der Waals surface area contributed by atoms with Gasteiger partial charge in [-0.3, -0.25) is 9.69 Å². The average Bonchev–Trinajstić information content (AvgIpc) is 2.47. The van der Waals surface area contributed by atoms with Gasteiger partial charge < -0.3 is 9.84 Å². The molecule has 1 aromatic rings. The Labute approximate surface area is 119 Å². The number of hydrogen-bond acceptors (Lipinski definition) is 3. The number of piperidine rings is 1. The highest BCUT2D eigenvalue weighted by Gasteiger charge is 2.39. The van der Waals surface area contributed by atoms with Crippen molar-refractivity contribution in [2.45, 2.75) is 32.2 Å². The molecule has 2 aliphatic heterocycles. The maximum absolute atomic E-state index is 11.3. The van der Waals surface area contributed by atoms with Gasteiger partial charge in [0.25, 0.3) is 0 Å². The van der Waals surface area contributed by atoms with Gasteiger partial charge in [0.05, 0.1) is 12.0 Å². The van der Waals surface area contributed by atoms with Crippen LogP contribution in [0.3, 0.4) is 0 Å². The van der Waals surface area contributed by atoms with Gasteiger partial charge >= 0.3 is 5.97 Å². The maximum Gasteiger partial charge on any atom is 0.309 e. The SMILES string of the molecule is CC1(C(=O)O)CCN(C2CCOc3ccccc32)CC1. The molecule has 1 N–H and O–H groups in total. The monoisotopic (exact) mass is 275 g/mol. The van der Waals surface area contributed by atoms with Crippen molar-refractivity contribution in [3.63, 3.8) is 0 Å². The lowest BCUT2D eigenvalue weighted by Crippen LogP contribution is -2.45. The van der Waals surface area contributed by atoms with E-state index in [0.717, 1.165) is 44.7 Å². The third-order valence-electron chi connectivity index (χ3n) is 4.79. The summed E-state index contributed by atoms with van der Waals surface area (Å²) in [6, 6.07) is 8.57. The Bertz CT molecular complexity index is 506. The molecule has 1 aromatic carbocycles. The normalized spacial score (nSPS) is 25.6. The number of carbonyl (C=O) groups is 1. The van der Waals surface area contributed by atoms with Crippen molar-refractivity contribution in [2.75, 3.05) is 19.7 Å². The Kier molecular flexibility index (Phi) is 3.42. The number of aliphatic carboxylic acids is 1. The molecule has 1 atom stereocenters. The first kappa shape index (κ1) is 13.4. The van der Waals surface area contributed by atoms with E-state index in [1.54, 1.807) is 0 Å². The van der Waals surface area contributed by atoms with E-state index in [4.69, 9.17) is 4.74 Å². The van der Waals surface area contributed by atoms with Gasteiger partial charge in [-0.1, -0.05) is 18.2 Å². The van der Waals surface area contributed by atoms with Gasteiger partial charge in [0.2, 0.25) is 0 Å². The van der Waals surface area contributed by atoms with E-state index >= 15 is 0 Å². The number of rotatable bonds is 2. The largest absolute Gasteiger partial charge is 0.493 e. The van der Waals surface area contributed by atoms with Crippen molar-refractivity contribution >= 4 is 5.97 Å². The Morgan fingerprint density at radius 1 is 1.35 bits per heavy atom. The standard InChI is InChI=1S/C16H21NO3/c1-16(15(18)19)7-9-17(10-8-16)13-6-11-20-14-5-3-2-4-12(13)14/h2-5,13H,6-11H2,1H3,(H,18,19). The molecule has 0 aliphatic carbocycles. The number of nitrogens with zero attached hydrogens (tertiary/aromatic N) is 1.